The van der Waals surface area contributed by atoms with E-state index < -0.39 is 5.91 Å². The van der Waals surface area contributed by atoms with Crippen molar-refractivity contribution < 1.29 is 4.79 Å². The molecule has 10 heteroatoms. The number of nitrogens with two attached hydrogens (primary N) is 2. The summed E-state index contributed by atoms with van der Waals surface area (Å²) in [5, 5.41) is 1.44. The number of halogens is 4. The maximum atomic E-state index is 12.4. The Balaban J connectivity index is 0.00000169. The molecule has 3 rings (SSSR count). The van der Waals surface area contributed by atoms with Gasteiger partial charge in [-0.15, -0.1) is 24.8 Å². The van der Waals surface area contributed by atoms with E-state index in [9.17, 15) is 4.79 Å². The molecular weight excluding hydrogens is 420 g/mol. The van der Waals surface area contributed by atoms with Crippen LogP contribution in [0.3, 0.4) is 0 Å². The van der Waals surface area contributed by atoms with Crippen LogP contribution in [0.2, 0.25) is 10.0 Å². The first-order chi connectivity index (χ1) is 11.5. The summed E-state index contributed by atoms with van der Waals surface area (Å²) in [5.41, 5.74) is 12.6. The summed E-state index contributed by atoms with van der Waals surface area (Å²) in [6.07, 6.45) is 3.36. The Bertz CT molecular complexity index is 952. The molecule has 0 atom stereocenters. The van der Waals surface area contributed by atoms with Gasteiger partial charge in [0.2, 0.25) is 0 Å². The fourth-order valence-electron chi connectivity index (χ4n) is 2.50. The highest BCUT2D eigenvalue weighted by Crippen LogP contribution is 2.33. The number of pyridine rings is 1. The van der Waals surface area contributed by atoms with Gasteiger partial charge >= 0.3 is 0 Å². The first-order valence-electron chi connectivity index (χ1n) is 6.97. The van der Waals surface area contributed by atoms with E-state index in [4.69, 9.17) is 34.7 Å². The normalized spacial score (nSPS) is 9.92. The third-order valence-electron chi connectivity index (χ3n) is 3.49. The molecule has 26 heavy (non-hydrogen) atoms. The van der Waals surface area contributed by atoms with Gasteiger partial charge in [-0.3, -0.25) is 9.78 Å². The van der Waals surface area contributed by atoms with Crippen molar-refractivity contribution in [2.75, 3.05) is 0 Å². The van der Waals surface area contributed by atoms with Crippen molar-refractivity contribution in [2.24, 2.45) is 16.5 Å². The molecule has 4 N–H and O–H groups in total. The van der Waals surface area contributed by atoms with Crippen molar-refractivity contribution in [2.45, 2.75) is 6.54 Å². The summed E-state index contributed by atoms with van der Waals surface area (Å²) >= 11 is 12.5. The van der Waals surface area contributed by atoms with Crippen LogP contribution in [0.15, 0.2) is 47.7 Å². The third-order valence-corrected chi connectivity index (χ3v) is 4.10. The van der Waals surface area contributed by atoms with Gasteiger partial charge in [0.15, 0.2) is 5.96 Å². The van der Waals surface area contributed by atoms with Crippen molar-refractivity contribution in [3.63, 3.8) is 0 Å². The topological polar surface area (TPSA) is 99.3 Å². The lowest BCUT2D eigenvalue weighted by Crippen LogP contribution is -2.25. The maximum Gasteiger partial charge on any atom is 0.298 e. The van der Waals surface area contributed by atoms with E-state index in [0.29, 0.717) is 17.0 Å². The zero-order valence-corrected chi connectivity index (χ0v) is 16.4. The monoisotopic (exact) mass is 433 g/mol. The highest BCUT2D eigenvalue weighted by molar-refractivity contribution is 6.40. The molecule has 0 saturated heterocycles. The van der Waals surface area contributed by atoms with Crippen LogP contribution in [0.25, 0.3) is 10.9 Å². The average Bonchev–Trinajstić information content (AvgIpc) is 2.80. The number of nitrogens with zero attached hydrogens (tertiary/aromatic N) is 3. The van der Waals surface area contributed by atoms with Crippen LogP contribution < -0.4 is 11.5 Å². The van der Waals surface area contributed by atoms with Crippen molar-refractivity contribution in [3.8, 4) is 0 Å². The van der Waals surface area contributed by atoms with E-state index in [2.05, 4.69) is 9.98 Å². The van der Waals surface area contributed by atoms with Gasteiger partial charge in [0.05, 0.1) is 10.5 Å². The first-order valence-corrected chi connectivity index (χ1v) is 7.73. The largest absolute Gasteiger partial charge is 0.370 e. The van der Waals surface area contributed by atoms with Gasteiger partial charge in [0.1, 0.15) is 5.69 Å². The van der Waals surface area contributed by atoms with Crippen molar-refractivity contribution in [1.29, 1.82) is 0 Å². The molecule has 2 heterocycles. The summed E-state index contributed by atoms with van der Waals surface area (Å²) < 4.78 is 1.76. The van der Waals surface area contributed by atoms with E-state index in [-0.39, 0.29) is 41.5 Å². The first kappa shape index (κ1) is 22.1. The zero-order chi connectivity index (χ0) is 17.3. The Morgan fingerprint density at radius 2 is 1.77 bits per heavy atom. The van der Waals surface area contributed by atoms with E-state index >= 15 is 0 Å². The summed E-state index contributed by atoms with van der Waals surface area (Å²) in [7, 11) is 0. The maximum absolute atomic E-state index is 12.4. The molecule has 1 aromatic carbocycles. The molecule has 1 amide bonds. The van der Waals surface area contributed by atoms with Gasteiger partial charge in [-0.2, -0.15) is 4.99 Å². The lowest BCUT2D eigenvalue weighted by atomic mass is 10.2. The number of benzene rings is 1. The zero-order valence-electron chi connectivity index (χ0n) is 13.2. The predicted octanol–water partition coefficient (Wildman–Crippen LogP) is 3.65. The standard InChI is InChI=1S/C16H13Cl2N5O.2ClH/c17-10-1-2-12-11(7-10)13(18)14(15(24)22-16(19)20)23(12)8-9-3-5-21-6-4-9;;/h1-7H,8H2,(H4,19,20,22,24);2*1H. The van der Waals surface area contributed by atoms with Crippen molar-refractivity contribution in [1.82, 2.24) is 9.55 Å². The van der Waals surface area contributed by atoms with Crippen LogP contribution >= 0.6 is 48.0 Å². The molecule has 2 aromatic heterocycles. The number of hydrogen-bond donors (Lipinski definition) is 2. The minimum atomic E-state index is -0.610. The Hall–Kier alpha value is -1.99. The molecule has 0 bridgehead atoms. The van der Waals surface area contributed by atoms with Crippen LogP contribution in [0.5, 0.6) is 0 Å². The minimum absolute atomic E-state index is 0. The van der Waals surface area contributed by atoms with Gasteiger partial charge in [-0.25, -0.2) is 0 Å². The van der Waals surface area contributed by atoms with Crippen LogP contribution in [0.4, 0.5) is 0 Å². The summed E-state index contributed by atoms with van der Waals surface area (Å²) in [5.74, 6) is -0.934. The second-order valence-electron chi connectivity index (χ2n) is 5.11. The Morgan fingerprint density at radius 1 is 1.12 bits per heavy atom. The molecule has 0 aliphatic heterocycles. The molecule has 3 aromatic rings. The number of guanidine groups is 1. The minimum Gasteiger partial charge on any atom is -0.370 e. The molecule has 6 nitrogen and oxygen atoms in total. The molecule has 0 aliphatic rings. The number of fused-ring (bicyclic) bond motifs is 1. The number of carbonyl (C=O) groups excluding carboxylic acids is 1. The van der Waals surface area contributed by atoms with E-state index in [1.54, 1.807) is 35.2 Å². The van der Waals surface area contributed by atoms with Gasteiger partial charge in [0, 0.05) is 29.3 Å². The summed E-state index contributed by atoms with van der Waals surface area (Å²) in [4.78, 5) is 20.0. The number of hydrogen-bond acceptors (Lipinski definition) is 2. The molecule has 138 valence electrons. The molecule has 0 aliphatic carbocycles. The van der Waals surface area contributed by atoms with Gasteiger partial charge < -0.3 is 16.0 Å². The molecular formula is C16H15Cl4N5O. The van der Waals surface area contributed by atoms with Gasteiger partial charge in [-0.05, 0) is 35.9 Å². The van der Waals surface area contributed by atoms with E-state index in [0.717, 1.165) is 11.1 Å². The van der Waals surface area contributed by atoms with E-state index in [1.165, 1.54) is 0 Å². The summed E-state index contributed by atoms with van der Waals surface area (Å²) in [6.45, 7) is 0.411. The second kappa shape index (κ2) is 9.09. The van der Waals surface area contributed by atoms with Crippen LogP contribution in [-0.2, 0) is 6.54 Å². The van der Waals surface area contributed by atoms with Crippen LogP contribution in [0.1, 0.15) is 16.1 Å². The Labute approximate surface area is 172 Å². The average molecular weight is 435 g/mol. The van der Waals surface area contributed by atoms with Gasteiger partial charge in [0.25, 0.3) is 5.91 Å². The lowest BCUT2D eigenvalue weighted by Gasteiger charge is -2.09. The molecule has 0 saturated carbocycles. The molecule has 0 radical (unpaired) electrons. The fraction of sp³-hybridized carbons (Fsp3) is 0.0625. The quantitative estimate of drug-likeness (QED) is 0.485. The van der Waals surface area contributed by atoms with Crippen molar-refractivity contribution in [3.05, 3.63) is 64.0 Å². The third kappa shape index (κ3) is 4.40. The molecule has 0 fully saturated rings. The predicted molar refractivity (Wildman–Crippen MR) is 110 cm³/mol. The Morgan fingerprint density at radius 3 is 2.38 bits per heavy atom. The second-order valence-corrected chi connectivity index (χ2v) is 5.92. The number of aromatic nitrogens is 2. The highest BCUT2D eigenvalue weighted by Gasteiger charge is 2.22. The molecule has 0 unspecified atom stereocenters. The summed E-state index contributed by atoms with van der Waals surface area (Å²) in [6, 6.07) is 8.94. The van der Waals surface area contributed by atoms with Crippen LogP contribution in [0, 0.1) is 0 Å². The number of aliphatic imine (C=N–C) groups is 1. The smallest absolute Gasteiger partial charge is 0.298 e. The Kier molecular flexibility index (Phi) is 7.71. The lowest BCUT2D eigenvalue weighted by molar-refractivity contribution is 0.0995. The van der Waals surface area contributed by atoms with Crippen molar-refractivity contribution >= 4 is 70.8 Å². The van der Waals surface area contributed by atoms with Crippen LogP contribution in [-0.4, -0.2) is 21.4 Å². The molecule has 0 spiro atoms. The number of carbonyl (C=O) groups is 1. The SMILES string of the molecule is Cl.Cl.NC(N)=NC(=O)c1c(Cl)c2cc(Cl)ccc2n1Cc1ccncc1. The van der Waals surface area contributed by atoms with Gasteiger partial charge in [-0.1, -0.05) is 23.2 Å². The van der Waals surface area contributed by atoms with E-state index in [1.807, 2.05) is 12.1 Å². The fourth-order valence-corrected chi connectivity index (χ4v) is 3.01. The number of amides is 1. The number of rotatable bonds is 3. The highest BCUT2D eigenvalue weighted by atomic mass is 35.5.